The summed E-state index contributed by atoms with van der Waals surface area (Å²) >= 11 is 0. The number of aromatic amines is 1. The highest BCUT2D eigenvalue weighted by molar-refractivity contribution is 5.93. The van der Waals surface area contributed by atoms with Gasteiger partial charge in [-0.2, -0.15) is 0 Å². The summed E-state index contributed by atoms with van der Waals surface area (Å²) in [5.74, 6) is 1.06. The van der Waals surface area contributed by atoms with Gasteiger partial charge >= 0.3 is 0 Å². The number of carbonyl (C=O) groups excluding carboxylic acids is 1. The zero-order chi connectivity index (χ0) is 18.8. The predicted octanol–water partition coefficient (Wildman–Crippen LogP) is 2.14. The summed E-state index contributed by atoms with van der Waals surface area (Å²) in [6, 6.07) is 11.1. The zero-order valence-corrected chi connectivity index (χ0v) is 15.1. The van der Waals surface area contributed by atoms with E-state index in [0.717, 1.165) is 54.4 Å². The molecule has 3 N–H and O–H groups in total. The van der Waals surface area contributed by atoms with Crippen molar-refractivity contribution in [2.45, 2.75) is 19.5 Å². The second-order valence-corrected chi connectivity index (χ2v) is 6.58. The third-order valence-electron chi connectivity index (χ3n) is 4.79. The Balaban J connectivity index is 1.51. The van der Waals surface area contributed by atoms with Crippen LogP contribution in [0.25, 0.3) is 11.4 Å². The molecular formula is C20H21N5O2. The van der Waals surface area contributed by atoms with Crippen LogP contribution in [0.3, 0.4) is 0 Å². The maximum Gasteiger partial charge on any atom is 0.248 e. The Bertz CT molecular complexity index is 965. The maximum atomic E-state index is 11.2. The highest BCUT2D eigenvalue weighted by Gasteiger charge is 2.21. The Morgan fingerprint density at radius 2 is 2.11 bits per heavy atom. The predicted molar refractivity (Wildman–Crippen MR) is 101 cm³/mol. The molecule has 0 radical (unpaired) electrons. The van der Waals surface area contributed by atoms with Crippen LogP contribution in [0.15, 0.2) is 42.6 Å². The maximum absolute atomic E-state index is 11.2. The van der Waals surface area contributed by atoms with Crippen molar-refractivity contribution in [1.82, 2.24) is 19.9 Å². The number of hydrogen-bond donors (Lipinski definition) is 2. The van der Waals surface area contributed by atoms with Gasteiger partial charge in [0.15, 0.2) is 0 Å². The standard InChI is InChI=1S/C20H21N5O2/c1-27-20-15(3-2-9-22-20)11-25-10-8-16-17(12-25)24-19(23-16)14-6-4-13(5-7-14)18(21)26/h2-7,9H,8,10-12H2,1H3,(H2,21,26)(H,23,24). The van der Waals surface area contributed by atoms with Gasteiger partial charge in [0.2, 0.25) is 11.8 Å². The van der Waals surface area contributed by atoms with E-state index < -0.39 is 5.91 Å². The van der Waals surface area contributed by atoms with E-state index in [-0.39, 0.29) is 0 Å². The van der Waals surface area contributed by atoms with Gasteiger partial charge in [-0.3, -0.25) is 9.69 Å². The Hall–Kier alpha value is -3.19. The molecule has 0 fully saturated rings. The molecule has 0 atom stereocenters. The van der Waals surface area contributed by atoms with Crippen LogP contribution in [-0.4, -0.2) is 39.4 Å². The fourth-order valence-corrected chi connectivity index (χ4v) is 3.38. The fraction of sp³-hybridized carbons (Fsp3) is 0.250. The first-order valence-corrected chi connectivity index (χ1v) is 8.82. The van der Waals surface area contributed by atoms with Crippen molar-refractivity contribution in [1.29, 1.82) is 0 Å². The van der Waals surface area contributed by atoms with Crippen molar-refractivity contribution in [3.8, 4) is 17.3 Å². The van der Waals surface area contributed by atoms with Crippen molar-refractivity contribution in [2.24, 2.45) is 5.73 Å². The third-order valence-corrected chi connectivity index (χ3v) is 4.79. The van der Waals surface area contributed by atoms with Crippen molar-refractivity contribution in [2.75, 3.05) is 13.7 Å². The van der Waals surface area contributed by atoms with Crippen molar-refractivity contribution in [3.63, 3.8) is 0 Å². The molecule has 0 unspecified atom stereocenters. The molecule has 7 heteroatoms. The molecule has 1 aliphatic heterocycles. The molecule has 2 aromatic heterocycles. The monoisotopic (exact) mass is 363 g/mol. The number of nitrogens with one attached hydrogen (secondary N) is 1. The number of rotatable bonds is 5. The third kappa shape index (κ3) is 3.54. The lowest BCUT2D eigenvalue weighted by Gasteiger charge is -2.26. The van der Waals surface area contributed by atoms with Gasteiger partial charge in [-0.1, -0.05) is 18.2 Å². The van der Waals surface area contributed by atoms with Crippen LogP contribution in [-0.2, 0) is 19.5 Å². The van der Waals surface area contributed by atoms with E-state index in [1.165, 1.54) is 0 Å². The molecule has 0 spiro atoms. The van der Waals surface area contributed by atoms with Gasteiger partial charge in [0.1, 0.15) is 5.82 Å². The lowest BCUT2D eigenvalue weighted by Crippen LogP contribution is -2.30. The average Bonchev–Trinajstić information content (AvgIpc) is 3.12. The molecule has 0 aliphatic carbocycles. The lowest BCUT2D eigenvalue weighted by atomic mass is 10.1. The molecule has 1 amide bonds. The molecule has 0 bridgehead atoms. The van der Waals surface area contributed by atoms with Crippen molar-refractivity contribution >= 4 is 5.91 Å². The summed E-state index contributed by atoms with van der Waals surface area (Å²) in [7, 11) is 1.64. The van der Waals surface area contributed by atoms with Gasteiger partial charge in [-0.25, -0.2) is 9.97 Å². The normalized spacial score (nSPS) is 14.0. The highest BCUT2D eigenvalue weighted by Crippen LogP contribution is 2.25. The number of imidazole rings is 1. The van der Waals surface area contributed by atoms with Gasteiger partial charge in [0, 0.05) is 48.9 Å². The molecule has 7 nitrogen and oxygen atoms in total. The summed E-state index contributed by atoms with van der Waals surface area (Å²) in [5.41, 5.74) is 10.0. The van der Waals surface area contributed by atoms with E-state index in [0.29, 0.717) is 11.4 Å². The van der Waals surface area contributed by atoms with Gasteiger partial charge < -0.3 is 15.5 Å². The van der Waals surface area contributed by atoms with E-state index in [1.807, 2.05) is 24.3 Å². The van der Waals surface area contributed by atoms with E-state index in [2.05, 4.69) is 14.9 Å². The summed E-state index contributed by atoms with van der Waals surface area (Å²) < 4.78 is 5.35. The molecule has 4 rings (SSSR count). The van der Waals surface area contributed by atoms with Crippen LogP contribution in [0.5, 0.6) is 5.88 Å². The molecule has 0 saturated carbocycles. The van der Waals surface area contributed by atoms with E-state index >= 15 is 0 Å². The number of nitrogens with zero attached hydrogens (tertiary/aromatic N) is 3. The SMILES string of the molecule is COc1ncccc1CN1CCc2nc(-c3ccc(C(N)=O)cc3)[nH]c2C1. The number of H-pyrrole nitrogens is 1. The van der Waals surface area contributed by atoms with Gasteiger partial charge in [-0.15, -0.1) is 0 Å². The number of methoxy groups -OCH3 is 1. The van der Waals surface area contributed by atoms with Gasteiger partial charge in [0.05, 0.1) is 18.5 Å². The molecule has 1 aliphatic rings. The number of amides is 1. The van der Waals surface area contributed by atoms with E-state index in [4.69, 9.17) is 15.5 Å². The number of ether oxygens (including phenoxy) is 1. The Morgan fingerprint density at radius 3 is 2.85 bits per heavy atom. The van der Waals surface area contributed by atoms with Gasteiger partial charge in [-0.05, 0) is 18.2 Å². The summed E-state index contributed by atoms with van der Waals surface area (Å²) in [5, 5.41) is 0. The number of primary amides is 1. The summed E-state index contributed by atoms with van der Waals surface area (Å²) in [6.45, 7) is 2.49. The van der Waals surface area contributed by atoms with E-state index in [9.17, 15) is 4.79 Å². The van der Waals surface area contributed by atoms with Crippen LogP contribution in [0.1, 0.15) is 27.3 Å². The average molecular weight is 363 g/mol. The molecule has 27 heavy (non-hydrogen) atoms. The first kappa shape index (κ1) is 17.2. The number of nitrogens with two attached hydrogens (primary N) is 1. The molecular weight excluding hydrogens is 342 g/mol. The minimum atomic E-state index is -0.429. The number of hydrogen-bond acceptors (Lipinski definition) is 5. The molecule has 138 valence electrons. The molecule has 3 heterocycles. The smallest absolute Gasteiger partial charge is 0.248 e. The Labute approximate surface area is 157 Å². The minimum absolute atomic E-state index is 0.429. The second kappa shape index (κ2) is 7.20. The Kier molecular flexibility index (Phi) is 4.60. The molecule has 0 saturated heterocycles. The van der Waals surface area contributed by atoms with Crippen molar-refractivity contribution < 1.29 is 9.53 Å². The van der Waals surface area contributed by atoms with Gasteiger partial charge in [0.25, 0.3) is 0 Å². The van der Waals surface area contributed by atoms with Crippen LogP contribution in [0.4, 0.5) is 0 Å². The lowest BCUT2D eigenvalue weighted by molar-refractivity contribution is 0.100. The first-order valence-electron chi connectivity index (χ1n) is 8.82. The van der Waals surface area contributed by atoms with E-state index in [1.54, 1.807) is 25.4 Å². The number of aromatic nitrogens is 3. The second-order valence-electron chi connectivity index (χ2n) is 6.58. The fourth-order valence-electron chi connectivity index (χ4n) is 3.38. The number of pyridine rings is 1. The molecule has 3 aromatic rings. The van der Waals surface area contributed by atoms with Crippen LogP contribution in [0, 0.1) is 0 Å². The Morgan fingerprint density at radius 1 is 1.30 bits per heavy atom. The molecule has 1 aromatic carbocycles. The zero-order valence-electron chi connectivity index (χ0n) is 15.1. The summed E-state index contributed by atoms with van der Waals surface area (Å²) in [4.78, 5) is 26.0. The number of benzene rings is 1. The number of fused-ring (bicyclic) bond motifs is 1. The van der Waals surface area contributed by atoms with Crippen LogP contribution < -0.4 is 10.5 Å². The highest BCUT2D eigenvalue weighted by atomic mass is 16.5. The van der Waals surface area contributed by atoms with Crippen LogP contribution >= 0.6 is 0 Å². The topological polar surface area (TPSA) is 97.1 Å². The van der Waals surface area contributed by atoms with Crippen molar-refractivity contribution in [3.05, 3.63) is 65.1 Å². The van der Waals surface area contributed by atoms with Crippen LogP contribution in [0.2, 0.25) is 0 Å². The minimum Gasteiger partial charge on any atom is -0.481 e. The quantitative estimate of drug-likeness (QED) is 0.724. The summed E-state index contributed by atoms with van der Waals surface area (Å²) in [6.07, 6.45) is 2.62. The largest absolute Gasteiger partial charge is 0.481 e. The first-order chi connectivity index (χ1) is 13.1. The number of carbonyl (C=O) groups is 1.